The molecule has 0 amide bonds. The highest BCUT2D eigenvalue weighted by atomic mass is 16.3. The quantitative estimate of drug-likeness (QED) is 0.186. The second-order valence-electron chi connectivity index (χ2n) is 13.0. The summed E-state index contributed by atoms with van der Waals surface area (Å²) >= 11 is 0. The van der Waals surface area contributed by atoms with E-state index in [1.807, 2.05) is 6.07 Å². The molecule has 0 fully saturated rings. The fraction of sp³-hybridized carbons (Fsp3) is 0. The van der Waals surface area contributed by atoms with Gasteiger partial charge in [-0.3, -0.25) is 0 Å². The maximum Gasteiger partial charge on any atom is 0.180 e. The molecule has 0 bridgehead atoms. The third kappa shape index (κ3) is 5.15. The van der Waals surface area contributed by atoms with E-state index in [0.29, 0.717) is 11.4 Å². The molecule has 0 atom stereocenters. The minimum atomic E-state index is 0.663. The second kappa shape index (κ2) is 11.9. The van der Waals surface area contributed by atoms with Crippen molar-refractivity contribution in [2.45, 2.75) is 0 Å². The Hall–Kier alpha value is -6.84. The molecule has 10 aromatic rings. The van der Waals surface area contributed by atoms with Gasteiger partial charge in [0.2, 0.25) is 0 Å². The summed E-state index contributed by atoms with van der Waals surface area (Å²) in [5.41, 5.74) is 12.1. The van der Waals surface area contributed by atoms with Gasteiger partial charge in [-0.25, -0.2) is 9.97 Å². The van der Waals surface area contributed by atoms with Crippen molar-refractivity contribution in [1.29, 1.82) is 0 Å². The van der Waals surface area contributed by atoms with Crippen molar-refractivity contribution < 1.29 is 4.42 Å². The fourth-order valence-electron chi connectivity index (χ4n) is 7.27. The van der Waals surface area contributed by atoms with Crippen LogP contribution in [0.25, 0.3) is 99.6 Å². The first-order chi connectivity index (χ1) is 25.2. The zero-order valence-corrected chi connectivity index (χ0v) is 27.6. The molecule has 0 spiro atoms. The summed E-state index contributed by atoms with van der Waals surface area (Å²) in [7, 11) is 0. The highest BCUT2D eigenvalue weighted by molar-refractivity contribution is 6.13. The molecule has 0 unspecified atom stereocenters. The van der Waals surface area contributed by atoms with Crippen molar-refractivity contribution >= 4 is 43.6 Å². The maximum atomic E-state index is 6.64. The van der Waals surface area contributed by atoms with Crippen molar-refractivity contribution in [2.75, 3.05) is 0 Å². The molecule has 3 nitrogen and oxygen atoms in total. The predicted octanol–water partition coefficient (Wildman–Crippen LogP) is 13.0. The van der Waals surface area contributed by atoms with Crippen LogP contribution in [0, 0.1) is 0 Å². The zero-order chi connectivity index (χ0) is 33.7. The van der Waals surface area contributed by atoms with Crippen LogP contribution in [0.5, 0.6) is 0 Å². The third-order valence-corrected chi connectivity index (χ3v) is 9.87. The van der Waals surface area contributed by atoms with Crippen LogP contribution in [0.3, 0.4) is 0 Å². The Morgan fingerprint density at radius 2 is 0.882 bits per heavy atom. The van der Waals surface area contributed by atoms with Crippen molar-refractivity contribution in [2.24, 2.45) is 0 Å². The number of rotatable bonds is 5. The first kappa shape index (κ1) is 29.1. The van der Waals surface area contributed by atoms with Gasteiger partial charge in [-0.2, -0.15) is 0 Å². The number of hydrogen-bond donors (Lipinski definition) is 0. The van der Waals surface area contributed by atoms with E-state index in [1.165, 1.54) is 22.3 Å². The lowest BCUT2D eigenvalue weighted by Crippen LogP contribution is -1.95. The summed E-state index contributed by atoms with van der Waals surface area (Å²) in [6, 6.07) is 64.0. The molecule has 51 heavy (non-hydrogen) atoms. The molecule has 2 heterocycles. The van der Waals surface area contributed by atoms with Gasteiger partial charge in [-0.15, -0.1) is 0 Å². The number of benzene rings is 8. The number of furan rings is 1. The van der Waals surface area contributed by atoms with E-state index in [1.54, 1.807) is 0 Å². The standard InChI is InChI=1S/C48H30N2O/c1-2-11-31(12-3-1)32-23-25-33(26-24-32)35-17-8-18-36(27-35)37-19-9-20-40(28-37)48-49-45(42-22-10-16-34-13-6-7-21-41(34)42)47-46(50-48)43-29-38-14-4-5-15-39(38)30-44(43)51-47/h1-30H. The summed E-state index contributed by atoms with van der Waals surface area (Å²) < 4.78 is 6.64. The largest absolute Gasteiger partial charge is 0.452 e. The van der Waals surface area contributed by atoms with Crippen molar-refractivity contribution in [3.63, 3.8) is 0 Å². The van der Waals surface area contributed by atoms with Crippen LogP contribution in [-0.4, -0.2) is 9.97 Å². The summed E-state index contributed by atoms with van der Waals surface area (Å²) in [5, 5.41) is 5.54. The van der Waals surface area contributed by atoms with E-state index in [2.05, 4.69) is 176 Å². The lowest BCUT2D eigenvalue weighted by atomic mass is 9.96. The number of aromatic nitrogens is 2. The molecule has 8 aromatic carbocycles. The van der Waals surface area contributed by atoms with Crippen molar-refractivity contribution in [3.8, 4) is 56.0 Å². The third-order valence-electron chi connectivity index (χ3n) is 9.87. The highest BCUT2D eigenvalue weighted by Crippen LogP contribution is 2.40. The number of nitrogens with zero attached hydrogens (tertiary/aromatic N) is 2. The normalized spacial score (nSPS) is 11.5. The summed E-state index contributed by atoms with van der Waals surface area (Å²) in [6.45, 7) is 0. The van der Waals surface area contributed by atoms with Crippen LogP contribution in [0.4, 0.5) is 0 Å². The van der Waals surface area contributed by atoms with Crippen LogP contribution in [0.15, 0.2) is 186 Å². The molecule has 0 aliphatic rings. The van der Waals surface area contributed by atoms with Gasteiger partial charge in [0, 0.05) is 16.5 Å². The van der Waals surface area contributed by atoms with Crippen LogP contribution >= 0.6 is 0 Å². The fourth-order valence-corrected chi connectivity index (χ4v) is 7.27. The average molecular weight is 651 g/mol. The van der Waals surface area contributed by atoms with Gasteiger partial charge in [-0.1, -0.05) is 158 Å². The van der Waals surface area contributed by atoms with Crippen LogP contribution in [0.2, 0.25) is 0 Å². The Balaban J connectivity index is 1.11. The average Bonchev–Trinajstić information content (AvgIpc) is 3.57. The van der Waals surface area contributed by atoms with Crippen LogP contribution < -0.4 is 0 Å². The molecule has 0 radical (unpaired) electrons. The molecule has 3 heteroatoms. The van der Waals surface area contributed by atoms with Crippen molar-refractivity contribution in [3.05, 3.63) is 182 Å². The van der Waals surface area contributed by atoms with Gasteiger partial charge in [-0.05, 0) is 79.2 Å². The number of fused-ring (bicyclic) bond motifs is 5. The Labute approximate surface area is 295 Å². The molecule has 0 saturated heterocycles. The van der Waals surface area contributed by atoms with Gasteiger partial charge in [0.15, 0.2) is 11.4 Å². The minimum Gasteiger partial charge on any atom is -0.452 e. The van der Waals surface area contributed by atoms with E-state index in [-0.39, 0.29) is 0 Å². The lowest BCUT2D eigenvalue weighted by Gasteiger charge is -2.11. The summed E-state index contributed by atoms with van der Waals surface area (Å²) in [4.78, 5) is 10.5. The first-order valence-corrected chi connectivity index (χ1v) is 17.2. The van der Waals surface area contributed by atoms with Gasteiger partial charge in [0.05, 0.1) is 0 Å². The van der Waals surface area contributed by atoms with Crippen LogP contribution in [0.1, 0.15) is 0 Å². The minimum absolute atomic E-state index is 0.663. The zero-order valence-electron chi connectivity index (χ0n) is 27.6. The Morgan fingerprint density at radius 3 is 1.65 bits per heavy atom. The SMILES string of the molecule is c1ccc(-c2ccc(-c3cccc(-c4cccc(-c5nc(-c6cccc7ccccc67)c6oc7cc8ccccc8cc7c6n5)c4)c3)cc2)cc1. The monoisotopic (exact) mass is 650 g/mol. The van der Waals surface area contributed by atoms with Gasteiger partial charge >= 0.3 is 0 Å². The lowest BCUT2D eigenvalue weighted by molar-refractivity contribution is 0.668. The molecular formula is C48H30N2O. The maximum absolute atomic E-state index is 6.64. The molecule has 2 aromatic heterocycles. The predicted molar refractivity (Wildman–Crippen MR) is 212 cm³/mol. The van der Waals surface area contributed by atoms with E-state index >= 15 is 0 Å². The second-order valence-corrected chi connectivity index (χ2v) is 13.0. The van der Waals surface area contributed by atoms with Gasteiger partial charge in [0.1, 0.15) is 16.8 Å². The van der Waals surface area contributed by atoms with Gasteiger partial charge in [0.25, 0.3) is 0 Å². The van der Waals surface area contributed by atoms with Crippen molar-refractivity contribution in [1.82, 2.24) is 9.97 Å². The summed E-state index contributed by atoms with van der Waals surface area (Å²) in [6.07, 6.45) is 0. The molecule has 0 aliphatic heterocycles. The molecular weight excluding hydrogens is 621 g/mol. The Morgan fingerprint density at radius 1 is 0.353 bits per heavy atom. The smallest absolute Gasteiger partial charge is 0.180 e. The first-order valence-electron chi connectivity index (χ1n) is 17.2. The van der Waals surface area contributed by atoms with E-state index in [9.17, 15) is 0 Å². The molecule has 0 N–H and O–H groups in total. The molecule has 238 valence electrons. The van der Waals surface area contributed by atoms with E-state index in [0.717, 1.165) is 66.0 Å². The van der Waals surface area contributed by atoms with E-state index in [4.69, 9.17) is 14.4 Å². The Kier molecular flexibility index (Phi) is 6.81. The summed E-state index contributed by atoms with van der Waals surface area (Å²) in [5.74, 6) is 0.663. The number of hydrogen-bond acceptors (Lipinski definition) is 3. The van der Waals surface area contributed by atoms with Crippen LogP contribution in [-0.2, 0) is 0 Å². The molecule has 10 rings (SSSR count). The topological polar surface area (TPSA) is 38.9 Å². The highest BCUT2D eigenvalue weighted by Gasteiger charge is 2.20. The molecule has 0 saturated carbocycles. The van der Waals surface area contributed by atoms with E-state index < -0.39 is 0 Å². The van der Waals surface area contributed by atoms with Gasteiger partial charge < -0.3 is 4.42 Å². The molecule has 0 aliphatic carbocycles. The Bertz CT molecular complexity index is 2900.